The van der Waals surface area contributed by atoms with Crippen molar-refractivity contribution in [2.75, 3.05) is 47.5 Å². The molecule has 2 aromatic rings. The normalized spacial score (nSPS) is 13.3. The molecule has 0 aliphatic carbocycles. The van der Waals surface area contributed by atoms with Crippen molar-refractivity contribution in [2.24, 2.45) is 0 Å². The minimum absolute atomic E-state index is 0. The fourth-order valence-electron chi connectivity index (χ4n) is 3.17. The first-order valence-electron chi connectivity index (χ1n) is 8.87. The van der Waals surface area contributed by atoms with Gasteiger partial charge in [0.25, 0.3) is 5.91 Å². The van der Waals surface area contributed by atoms with Gasteiger partial charge in [0, 0.05) is 49.7 Å². The molecule has 0 unspecified atom stereocenters. The highest BCUT2D eigenvalue weighted by Gasteiger charge is 2.26. The Morgan fingerprint density at radius 1 is 0.966 bits per heavy atom. The summed E-state index contributed by atoms with van der Waals surface area (Å²) in [6.45, 7) is 2.50. The monoisotopic (exact) mass is 437 g/mol. The Hall–Kier alpha value is -2.58. The number of methoxy groups -OCH3 is 3. The van der Waals surface area contributed by atoms with E-state index in [-0.39, 0.29) is 18.3 Å². The molecular weight excluding hydrogens is 414 g/mol. The molecule has 3 rings (SSSR count). The molecule has 0 spiro atoms. The predicted octanol–water partition coefficient (Wildman–Crippen LogP) is 2.66. The summed E-state index contributed by atoms with van der Waals surface area (Å²) in [7, 11) is 4.60. The van der Waals surface area contributed by atoms with Gasteiger partial charge >= 0.3 is 0 Å². The molecule has 7 nitrogen and oxygen atoms in total. The van der Waals surface area contributed by atoms with Crippen molar-refractivity contribution < 1.29 is 19.0 Å². The lowest BCUT2D eigenvalue weighted by Crippen LogP contribution is -2.50. The molecular formula is C20H24ClN3O4S. The topological polar surface area (TPSA) is 64.1 Å². The molecule has 29 heavy (non-hydrogen) atoms. The van der Waals surface area contributed by atoms with Gasteiger partial charge in [-0.3, -0.25) is 9.78 Å². The van der Waals surface area contributed by atoms with Crippen LogP contribution in [0.4, 0.5) is 0 Å². The number of benzene rings is 1. The standard InChI is InChI=1S/C20H23N3O4S.ClH/c1-25-16-11-15(12-17(26-2)18(16)27-3)19(24)22-7-9-23(10-8-22)20(28)14-5-4-6-21-13-14;/h4-6,11-13H,7-10H2,1-3H3;1H. The van der Waals surface area contributed by atoms with E-state index < -0.39 is 0 Å². The van der Waals surface area contributed by atoms with E-state index in [1.54, 1.807) is 24.5 Å². The van der Waals surface area contributed by atoms with E-state index in [1.165, 1.54) is 21.3 Å². The first-order chi connectivity index (χ1) is 13.6. The molecule has 1 saturated heterocycles. The second kappa shape index (κ2) is 10.3. The van der Waals surface area contributed by atoms with Crippen molar-refractivity contribution in [3.8, 4) is 17.2 Å². The molecule has 1 aliphatic rings. The van der Waals surface area contributed by atoms with Gasteiger partial charge in [0.2, 0.25) is 5.75 Å². The highest BCUT2D eigenvalue weighted by Crippen LogP contribution is 2.38. The van der Waals surface area contributed by atoms with Crippen molar-refractivity contribution in [2.45, 2.75) is 0 Å². The number of carbonyl (C=O) groups excluding carboxylic acids is 1. The zero-order chi connectivity index (χ0) is 20.1. The summed E-state index contributed by atoms with van der Waals surface area (Å²) in [6.07, 6.45) is 3.48. The fourth-order valence-corrected chi connectivity index (χ4v) is 3.47. The first kappa shape index (κ1) is 22.7. The van der Waals surface area contributed by atoms with E-state index in [4.69, 9.17) is 26.4 Å². The number of pyridine rings is 1. The predicted molar refractivity (Wildman–Crippen MR) is 117 cm³/mol. The number of carbonyl (C=O) groups is 1. The number of nitrogens with zero attached hydrogens (tertiary/aromatic N) is 3. The van der Waals surface area contributed by atoms with Gasteiger partial charge in [0.05, 0.1) is 21.3 Å². The maximum absolute atomic E-state index is 13.0. The van der Waals surface area contributed by atoms with Crippen molar-refractivity contribution in [1.29, 1.82) is 0 Å². The Labute approximate surface area is 182 Å². The molecule has 1 fully saturated rings. The van der Waals surface area contributed by atoms with Crippen LogP contribution in [0.3, 0.4) is 0 Å². The molecule has 0 saturated carbocycles. The first-order valence-corrected chi connectivity index (χ1v) is 9.28. The van der Waals surface area contributed by atoms with Gasteiger partial charge in [-0.1, -0.05) is 12.2 Å². The lowest BCUT2D eigenvalue weighted by Gasteiger charge is -2.36. The molecule has 0 atom stereocenters. The number of aromatic nitrogens is 1. The number of thiocarbonyl (C=S) groups is 1. The van der Waals surface area contributed by atoms with Gasteiger partial charge in [-0.25, -0.2) is 0 Å². The third-order valence-electron chi connectivity index (χ3n) is 4.67. The van der Waals surface area contributed by atoms with Crippen LogP contribution in [0, 0.1) is 0 Å². The molecule has 0 radical (unpaired) electrons. The minimum atomic E-state index is -0.0776. The SMILES string of the molecule is COc1cc(C(=O)N2CCN(C(=S)c3cccnc3)CC2)cc(OC)c1OC.Cl. The van der Waals surface area contributed by atoms with Gasteiger partial charge in [-0.15, -0.1) is 12.4 Å². The molecule has 1 aromatic heterocycles. The van der Waals surface area contributed by atoms with Crippen LogP contribution in [0.2, 0.25) is 0 Å². The summed E-state index contributed by atoms with van der Waals surface area (Å²) < 4.78 is 16.0. The Kier molecular flexibility index (Phi) is 8.04. The van der Waals surface area contributed by atoms with Gasteiger partial charge in [0.1, 0.15) is 4.99 Å². The summed E-state index contributed by atoms with van der Waals surface area (Å²) >= 11 is 5.57. The van der Waals surface area contributed by atoms with Crippen LogP contribution in [0.1, 0.15) is 15.9 Å². The van der Waals surface area contributed by atoms with E-state index in [2.05, 4.69) is 9.88 Å². The molecule has 1 amide bonds. The lowest BCUT2D eigenvalue weighted by molar-refractivity contribution is 0.0692. The van der Waals surface area contributed by atoms with Crippen molar-refractivity contribution >= 4 is 35.5 Å². The minimum Gasteiger partial charge on any atom is -0.493 e. The number of piperazine rings is 1. The van der Waals surface area contributed by atoms with Gasteiger partial charge in [-0.05, 0) is 24.3 Å². The molecule has 1 aromatic carbocycles. The Morgan fingerprint density at radius 3 is 2.03 bits per heavy atom. The number of amides is 1. The smallest absolute Gasteiger partial charge is 0.254 e. The molecule has 9 heteroatoms. The Morgan fingerprint density at radius 2 is 1.55 bits per heavy atom. The summed E-state index contributed by atoms with van der Waals surface area (Å²) in [5.74, 6) is 1.31. The van der Waals surface area contributed by atoms with Crippen LogP contribution in [0.25, 0.3) is 0 Å². The highest BCUT2D eigenvalue weighted by atomic mass is 35.5. The lowest BCUT2D eigenvalue weighted by atomic mass is 10.1. The zero-order valence-electron chi connectivity index (χ0n) is 16.6. The number of halogens is 1. The summed E-state index contributed by atoms with van der Waals surface area (Å²) in [4.78, 5) is 21.8. The highest BCUT2D eigenvalue weighted by molar-refractivity contribution is 7.80. The van der Waals surface area contributed by atoms with Crippen LogP contribution in [0.15, 0.2) is 36.7 Å². The zero-order valence-corrected chi connectivity index (χ0v) is 18.2. The second-order valence-electron chi connectivity index (χ2n) is 6.24. The van der Waals surface area contributed by atoms with E-state index in [9.17, 15) is 4.79 Å². The van der Waals surface area contributed by atoms with Crippen molar-refractivity contribution in [3.05, 3.63) is 47.8 Å². The second-order valence-corrected chi connectivity index (χ2v) is 6.63. The number of ether oxygens (including phenoxy) is 3. The fraction of sp³-hybridized carbons (Fsp3) is 0.350. The summed E-state index contributed by atoms with van der Waals surface area (Å²) in [5.41, 5.74) is 1.42. The third-order valence-corrected chi connectivity index (χ3v) is 5.17. The molecule has 2 heterocycles. The third kappa shape index (κ3) is 4.89. The van der Waals surface area contributed by atoms with E-state index >= 15 is 0 Å². The molecule has 0 bridgehead atoms. The van der Waals surface area contributed by atoms with E-state index in [1.807, 2.05) is 17.0 Å². The maximum atomic E-state index is 13.0. The van der Waals surface area contributed by atoms with Crippen LogP contribution < -0.4 is 14.2 Å². The number of hydrogen-bond acceptors (Lipinski definition) is 6. The number of hydrogen-bond donors (Lipinski definition) is 0. The van der Waals surface area contributed by atoms with Gasteiger partial charge < -0.3 is 24.0 Å². The van der Waals surface area contributed by atoms with Crippen LogP contribution in [0.5, 0.6) is 17.2 Å². The average molecular weight is 438 g/mol. The van der Waals surface area contributed by atoms with E-state index in [0.29, 0.717) is 49.0 Å². The molecule has 1 aliphatic heterocycles. The molecule has 156 valence electrons. The van der Waals surface area contributed by atoms with Crippen molar-refractivity contribution in [3.63, 3.8) is 0 Å². The van der Waals surface area contributed by atoms with Crippen LogP contribution in [-0.4, -0.2) is 73.2 Å². The average Bonchev–Trinajstić information content (AvgIpc) is 2.77. The van der Waals surface area contributed by atoms with E-state index in [0.717, 1.165) is 10.6 Å². The summed E-state index contributed by atoms with van der Waals surface area (Å²) in [6, 6.07) is 7.17. The van der Waals surface area contributed by atoms with Gasteiger partial charge in [-0.2, -0.15) is 0 Å². The van der Waals surface area contributed by atoms with Crippen LogP contribution in [-0.2, 0) is 0 Å². The quantitative estimate of drug-likeness (QED) is 0.666. The van der Waals surface area contributed by atoms with Crippen molar-refractivity contribution in [1.82, 2.24) is 14.8 Å². The molecule has 0 N–H and O–H groups in total. The van der Waals surface area contributed by atoms with Crippen LogP contribution >= 0.6 is 24.6 Å². The van der Waals surface area contributed by atoms with Gasteiger partial charge in [0.15, 0.2) is 11.5 Å². The largest absolute Gasteiger partial charge is 0.493 e. The maximum Gasteiger partial charge on any atom is 0.254 e. The Bertz CT molecular complexity index is 833. The Balaban J connectivity index is 0.00000300. The summed E-state index contributed by atoms with van der Waals surface area (Å²) in [5, 5.41) is 0. The number of rotatable bonds is 5.